The monoisotopic (exact) mass is 216 g/mol. The summed E-state index contributed by atoms with van der Waals surface area (Å²) in [5, 5.41) is 0. The van der Waals surface area contributed by atoms with Gasteiger partial charge in [-0.05, 0) is 6.42 Å². The molecule has 0 aliphatic rings. The number of ether oxygens (including phenoxy) is 2. The van der Waals surface area contributed by atoms with Crippen LogP contribution in [0.25, 0.3) is 0 Å². The molecule has 0 unspecified atom stereocenters. The van der Waals surface area contributed by atoms with Crippen LogP contribution in [-0.4, -0.2) is 27.4 Å². The molecule has 0 saturated heterocycles. The Morgan fingerprint density at radius 2 is 1.33 bits per heavy atom. The molecular formula is C13H28O2. The number of unbranched alkanes of at least 4 members (excludes halogenated alkanes) is 5. The Kier molecular flexibility index (Phi) is 11.9. The van der Waals surface area contributed by atoms with E-state index in [0.717, 1.165) is 13.2 Å². The molecular weight excluding hydrogens is 188 g/mol. The molecule has 0 amide bonds. The summed E-state index contributed by atoms with van der Waals surface area (Å²) in [7, 11) is 3.54. The van der Waals surface area contributed by atoms with E-state index in [9.17, 15) is 0 Å². The zero-order chi connectivity index (χ0) is 11.4. The summed E-state index contributed by atoms with van der Waals surface area (Å²) >= 11 is 0. The average molecular weight is 216 g/mol. The average Bonchev–Trinajstić information content (AvgIpc) is 2.24. The lowest BCUT2D eigenvalue weighted by Gasteiger charge is -2.14. The van der Waals surface area contributed by atoms with E-state index in [1.54, 1.807) is 14.2 Å². The van der Waals surface area contributed by atoms with Crippen LogP contribution < -0.4 is 0 Å². The SMILES string of the molecule is CCCCCCCCC(COC)COC. The quantitative estimate of drug-likeness (QED) is 0.491. The van der Waals surface area contributed by atoms with Gasteiger partial charge in [-0.3, -0.25) is 0 Å². The molecule has 0 atom stereocenters. The molecule has 0 rings (SSSR count). The molecule has 0 fully saturated rings. The zero-order valence-corrected chi connectivity index (χ0v) is 10.8. The Morgan fingerprint density at radius 3 is 1.87 bits per heavy atom. The zero-order valence-electron chi connectivity index (χ0n) is 10.8. The number of methoxy groups -OCH3 is 2. The Bertz CT molecular complexity index is 109. The van der Waals surface area contributed by atoms with Crippen molar-refractivity contribution in [1.29, 1.82) is 0 Å². The Labute approximate surface area is 95.3 Å². The van der Waals surface area contributed by atoms with Gasteiger partial charge in [0.15, 0.2) is 0 Å². The first-order valence-corrected chi connectivity index (χ1v) is 6.33. The highest BCUT2D eigenvalue weighted by molar-refractivity contribution is 4.57. The normalized spacial score (nSPS) is 11.2. The van der Waals surface area contributed by atoms with Gasteiger partial charge in [-0.2, -0.15) is 0 Å². The third kappa shape index (κ3) is 10.2. The molecule has 0 N–H and O–H groups in total. The molecule has 92 valence electrons. The fraction of sp³-hybridized carbons (Fsp3) is 1.00. The molecule has 0 spiro atoms. The van der Waals surface area contributed by atoms with Crippen LogP contribution in [-0.2, 0) is 9.47 Å². The molecule has 2 heteroatoms. The van der Waals surface area contributed by atoms with Crippen molar-refractivity contribution in [3.63, 3.8) is 0 Å². The highest BCUT2D eigenvalue weighted by Crippen LogP contribution is 2.13. The van der Waals surface area contributed by atoms with Crippen LogP contribution >= 0.6 is 0 Å². The number of hydrogen-bond donors (Lipinski definition) is 0. The Hall–Kier alpha value is -0.0800. The van der Waals surface area contributed by atoms with Crippen molar-refractivity contribution in [2.45, 2.75) is 51.9 Å². The lowest BCUT2D eigenvalue weighted by Crippen LogP contribution is -2.14. The molecule has 0 aromatic rings. The lowest BCUT2D eigenvalue weighted by atomic mass is 10.0. The second-order valence-corrected chi connectivity index (χ2v) is 4.33. The largest absolute Gasteiger partial charge is 0.384 e. The first kappa shape index (κ1) is 14.9. The first-order valence-electron chi connectivity index (χ1n) is 6.33. The van der Waals surface area contributed by atoms with Gasteiger partial charge < -0.3 is 9.47 Å². The second-order valence-electron chi connectivity index (χ2n) is 4.33. The minimum Gasteiger partial charge on any atom is -0.384 e. The van der Waals surface area contributed by atoms with Gasteiger partial charge in [-0.15, -0.1) is 0 Å². The van der Waals surface area contributed by atoms with Gasteiger partial charge in [0.1, 0.15) is 0 Å². The van der Waals surface area contributed by atoms with E-state index in [2.05, 4.69) is 6.92 Å². The summed E-state index contributed by atoms with van der Waals surface area (Å²) in [6, 6.07) is 0. The highest BCUT2D eigenvalue weighted by atomic mass is 16.5. The Morgan fingerprint density at radius 1 is 0.800 bits per heavy atom. The maximum Gasteiger partial charge on any atom is 0.0512 e. The summed E-state index contributed by atoms with van der Waals surface area (Å²) < 4.78 is 10.3. The summed E-state index contributed by atoms with van der Waals surface area (Å²) in [5.41, 5.74) is 0. The topological polar surface area (TPSA) is 18.5 Å². The van der Waals surface area contributed by atoms with Crippen LogP contribution in [0.5, 0.6) is 0 Å². The molecule has 2 nitrogen and oxygen atoms in total. The summed E-state index contributed by atoms with van der Waals surface area (Å²) in [5.74, 6) is 0.589. The van der Waals surface area contributed by atoms with Gasteiger partial charge in [0, 0.05) is 20.1 Å². The van der Waals surface area contributed by atoms with Crippen LogP contribution in [0, 0.1) is 5.92 Å². The maximum atomic E-state index is 5.17. The molecule has 0 radical (unpaired) electrons. The third-order valence-corrected chi connectivity index (χ3v) is 2.77. The van der Waals surface area contributed by atoms with Crippen molar-refractivity contribution >= 4 is 0 Å². The van der Waals surface area contributed by atoms with Crippen LogP contribution in [0.1, 0.15) is 51.9 Å². The standard InChI is InChI=1S/C13H28O2/c1-4-5-6-7-8-9-10-13(11-14-2)12-15-3/h13H,4-12H2,1-3H3. The molecule has 0 aromatic carbocycles. The van der Waals surface area contributed by atoms with Crippen LogP contribution in [0.2, 0.25) is 0 Å². The highest BCUT2D eigenvalue weighted by Gasteiger charge is 2.07. The molecule has 0 aliphatic carbocycles. The molecule has 0 bridgehead atoms. The van der Waals surface area contributed by atoms with Gasteiger partial charge in [0.05, 0.1) is 13.2 Å². The van der Waals surface area contributed by atoms with Crippen molar-refractivity contribution in [1.82, 2.24) is 0 Å². The molecule has 0 saturated carbocycles. The second kappa shape index (κ2) is 12.0. The maximum absolute atomic E-state index is 5.17. The van der Waals surface area contributed by atoms with Gasteiger partial charge in [0.2, 0.25) is 0 Å². The van der Waals surface area contributed by atoms with Gasteiger partial charge in [-0.1, -0.05) is 45.4 Å². The van der Waals surface area contributed by atoms with Crippen LogP contribution in [0.15, 0.2) is 0 Å². The minimum absolute atomic E-state index is 0.589. The molecule has 0 heterocycles. The van der Waals surface area contributed by atoms with Crippen molar-refractivity contribution < 1.29 is 9.47 Å². The summed E-state index contributed by atoms with van der Waals surface area (Å²) in [6.45, 7) is 3.93. The van der Waals surface area contributed by atoms with Crippen molar-refractivity contribution in [3.05, 3.63) is 0 Å². The summed E-state index contributed by atoms with van der Waals surface area (Å²) in [6.07, 6.45) is 9.44. The molecule has 15 heavy (non-hydrogen) atoms. The smallest absolute Gasteiger partial charge is 0.0512 e. The van der Waals surface area contributed by atoms with E-state index >= 15 is 0 Å². The fourth-order valence-corrected chi connectivity index (χ4v) is 1.90. The Balaban J connectivity index is 3.28. The predicted octanol–water partition coefficient (Wildman–Crippen LogP) is 3.65. The minimum atomic E-state index is 0.589. The lowest BCUT2D eigenvalue weighted by molar-refractivity contribution is 0.0791. The van der Waals surface area contributed by atoms with Gasteiger partial charge in [0.25, 0.3) is 0 Å². The van der Waals surface area contributed by atoms with E-state index in [1.807, 2.05) is 0 Å². The third-order valence-electron chi connectivity index (χ3n) is 2.77. The van der Waals surface area contributed by atoms with E-state index in [-0.39, 0.29) is 0 Å². The molecule has 0 aromatic heterocycles. The summed E-state index contributed by atoms with van der Waals surface area (Å²) in [4.78, 5) is 0. The van der Waals surface area contributed by atoms with Crippen molar-refractivity contribution in [2.24, 2.45) is 5.92 Å². The van der Waals surface area contributed by atoms with Crippen molar-refractivity contribution in [2.75, 3.05) is 27.4 Å². The van der Waals surface area contributed by atoms with Crippen LogP contribution in [0.3, 0.4) is 0 Å². The van der Waals surface area contributed by atoms with E-state index in [4.69, 9.17) is 9.47 Å². The van der Waals surface area contributed by atoms with E-state index < -0.39 is 0 Å². The van der Waals surface area contributed by atoms with Crippen LogP contribution in [0.4, 0.5) is 0 Å². The number of rotatable bonds is 11. The van der Waals surface area contributed by atoms with Gasteiger partial charge in [-0.25, -0.2) is 0 Å². The van der Waals surface area contributed by atoms with Gasteiger partial charge >= 0.3 is 0 Å². The van der Waals surface area contributed by atoms with E-state index in [1.165, 1.54) is 44.9 Å². The number of hydrogen-bond acceptors (Lipinski definition) is 2. The molecule has 0 aliphatic heterocycles. The predicted molar refractivity (Wildman–Crippen MR) is 65.2 cm³/mol. The first-order chi connectivity index (χ1) is 7.35. The van der Waals surface area contributed by atoms with E-state index in [0.29, 0.717) is 5.92 Å². The fourth-order valence-electron chi connectivity index (χ4n) is 1.90. The van der Waals surface area contributed by atoms with Crippen molar-refractivity contribution in [3.8, 4) is 0 Å².